The van der Waals surface area contributed by atoms with E-state index in [1.54, 1.807) is 24.9 Å². The number of nitrogens with zero attached hydrogens (tertiary/aromatic N) is 5. The molecule has 158 valence electrons. The van der Waals surface area contributed by atoms with Crippen LogP contribution in [0, 0.1) is 0 Å². The van der Waals surface area contributed by atoms with E-state index < -0.39 is 0 Å². The van der Waals surface area contributed by atoms with Crippen LogP contribution in [0.2, 0.25) is 0 Å². The minimum absolute atomic E-state index is 0.193. The molecule has 0 unspecified atom stereocenters. The molecule has 0 fully saturated rings. The Hall–Kier alpha value is -4.14. The van der Waals surface area contributed by atoms with Gasteiger partial charge >= 0.3 is 0 Å². The zero-order valence-corrected chi connectivity index (χ0v) is 17.3. The third kappa shape index (κ3) is 4.72. The second kappa shape index (κ2) is 9.12. The van der Waals surface area contributed by atoms with Gasteiger partial charge in [-0.05, 0) is 30.3 Å². The highest BCUT2D eigenvalue weighted by atomic mass is 16.5. The van der Waals surface area contributed by atoms with Crippen molar-refractivity contribution in [3.05, 3.63) is 72.9 Å². The lowest BCUT2D eigenvalue weighted by Gasteiger charge is -2.08. The van der Waals surface area contributed by atoms with E-state index >= 15 is 0 Å². The molecule has 0 bridgehead atoms. The van der Waals surface area contributed by atoms with Gasteiger partial charge in [0.25, 0.3) is 5.91 Å². The molecule has 3 aromatic heterocycles. The number of hydrogen-bond donors (Lipinski definition) is 2. The van der Waals surface area contributed by atoms with Crippen LogP contribution in [0.15, 0.2) is 67.3 Å². The molecule has 9 heteroatoms. The molecule has 0 aliphatic carbocycles. The smallest absolute Gasteiger partial charge is 0.269 e. The van der Waals surface area contributed by atoms with E-state index in [4.69, 9.17) is 4.74 Å². The van der Waals surface area contributed by atoms with E-state index in [2.05, 4.69) is 25.7 Å². The topological polar surface area (TPSA) is 98.9 Å². The molecule has 0 aliphatic rings. The van der Waals surface area contributed by atoms with Crippen molar-refractivity contribution in [3.63, 3.8) is 0 Å². The number of ether oxygens (including phenoxy) is 1. The zero-order valence-electron chi connectivity index (χ0n) is 17.3. The molecule has 1 amide bonds. The van der Waals surface area contributed by atoms with Gasteiger partial charge in [0, 0.05) is 44.2 Å². The maximum Gasteiger partial charge on any atom is 0.269 e. The Balaban J connectivity index is 1.33. The molecular weight excluding hydrogens is 394 g/mol. The molecule has 0 atom stereocenters. The molecule has 0 saturated carbocycles. The van der Waals surface area contributed by atoms with Crippen molar-refractivity contribution < 1.29 is 9.53 Å². The van der Waals surface area contributed by atoms with Crippen molar-refractivity contribution in [3.8, 4) is 22.8 Å². The first-order valence-corrected chi connectivity index (χ1v) is 9.80. The normalized spacial score (nSPS) is 10.6. The van der Waals surface area contributed by atoms with E-state index in [0.29, 0.717) is 30.3 Å². The Morgan fingerprint density at radius 2 is 1.90 bits per heavy atom. The van der Waals surface area contributed by atoms with Crippen LogP contribution in [0.1, 0.15) is 10.5 Å². The monoisotopic (exact) mass is 417 g/mol. The molecule has 0 saturated heterocycles. The van der Waals surface area contributed by atoms with Crippen LogP contribution in [0.5, 0.6) is 5.75 Å². The average Bonchev–Trinajstić information content (AvgIpc) is 3.47. The fourth-order valence-corrected chi connectivity index (χ4v) is 3.13. The van der Waals surface area contributed by atoms with E-state index in [9.17, 15) is 4.79 Å². The van der Waals surface area contributed by atoms with Crippen molar-refractivity contribution in [1.82, 2.24) is 29.6 Å². The summed E-state index contributed by atoms with van der Waals surface area (Å²) < 4.78 is 8.73. The van der Waals surface area contributed by atoms with Crippen molar-refractivity contribution in [2.45, 2.75) is 0 Å². The number of aromatic nitrogens is 5. The van der Waals surface area contributed by atoms with Crippen LogP contribution in [0.3, 0.4) is 0 Å². The predicted octanol–water partition coefficient (Wildman–Crippen LogP) is 2.52. The number of nitrogens with one attached hydrogen (secondary N) is 2. The van der Waals surface area contributed by atoms with Crippen LogP contribution < -0.4 is 15.4 Å². The fourth-order valence-electron chi connectivity index (χ4n) is 3.13. The van der Waals surface area contributed by atoms with Crippen molar-refractivity contribution in [2.75, 3.05) is 25.5 Å². The maximum absolute atomic E-state index is 12.6. The average molecular weight is 417 g/mol. The van der Waals surface area contributed by atoms with Gasteiger partial charge in [0.15, 0.2) is 0 Å². The fraction of sp³-hybridized carbons (Fsp3) is 0.182. The van der Waals surface area contributed by atoms with Crippen molar-refractivity contribution >= 4 is 11.7 Å². The van der Waals surface area contributed by atoms with Gasteiger partial charge in [-0.15, -0.1) is 0 Å². The van der Waals surface area contributed by atoms with Crippen molar-refractivity contribution in [2.24, 2.45) is 7.05 Å². The third-order valence-electron chi connectivity index (χ3n) is 4.72. The highest BCUT2D eigenvalue weighted by Gasteiger charge is 2.14. The van der Waals surface area contributed by atoms with Crippen LogP contribution in [0.4, 0.5) is 5.82 Å². The lowest BCUT2D eigenvalue weighted by Crippen LogP contribution is -2.30. The summed E-state index contributed by atoms with van der Waals surface area (Å²) in [5, 5.41) is 10.6. The summed E-state index contributed by atoms with van der Waals surface area (Å²) in [6.07, 6.45) is 5.34. The lowest BCUT2D eigenvalue weighted by molar-refractivity contribution is 0.0946. The Labute approximate surface area is 179 Å². The van der Waals surface area contributed by atoms with E-state index in [1.807, 2.05) is 59.4 Å². The van der Waals surface area contributed by atoms with Crippen LogP contribution in [0.25, 0.3) is 17.1 Å². The highest BCUT2D eigenvalue weighted by Crippen LogP contribution is 2.23. The predicted molar refractivity (Wildman–Crippen MR) is 117 cm³/mol. The Kier molecular flexibility index (Phi) is 5.93. The van der Waals surface area contributed by atoms with Crippen LogP contribution in [-0.2, 0) is 7.05 Å². The second-order valence-corrected chi connectivity index (χ2v) is 6.80. The molecule has 4 rings (SSSR count). The highest BCUT2D eigenvalue weighted by molar-refractivity contribution is 5.93. The van der Waals surface area contributed by atoms with Gasteiger partial charge in [-0.2, -0.15) is 5.10 Å². The molecule has 3 heterocycles. The van der Waals surface area contributed by atoms with E-state index in [-0.39, 0.29) is 5.91 Å². The van der Waals surface area contributed by atoms with Gasteiger partial charge < -0.3 is 19.9 Å². The Bertz CT molecular complexity index is 1170. The lowest BCUT2D eigenvalue weighted by atomic mass is 10.1. The summed E-state index contributed by atoms with van der Waals surface area (Å²) in [5.74, 6) is 2.01. The summed E-state index contributed by atoms with van der Waals surface area (Å²) in [7, 11) is 3.37. The quantitative estimate of drug-likeness (QED) is 0.428. The van der Waals surface area contributed by atoms with Crippen LogP contribution in [-0.4, -0.2) is 50.4 Å². The number of rotatable bonds is 8. The van der Waals surface area contributed by atoms with E-state index in [0.717, 1.165) is 17.1 Å². The van der Waals surface area contributed by atoms with Gasteiger partial charge in [0.1, 0.15) is 29.4 Å². The molecule has 4 aromatic rings. The van der Waals surface area contributed by atoms with Gasteiger partial charge in [0.2, 0.25) is 0 Å². The largest absolute Gasteiger partial charge is 0.497 e. The molecular formula is C22H23N7O2. The number of hydrogen-bond acceptors (Lipinski definition) is 6. The zero-order chi connectivity index (χ0) is 21.6. The number of aryl methyl sites for hydroxylation is 1. The summed E-state index contributed by atoms with van der Waals surface area (Å²) in [6, 6.07) is 15.1. The first-order valence-electron chi connectivity index (χ1n) is 9.80. The second-order valence-electron chi connectivity index (χ2n) is 6.80. The summed E-state index contributed by atoms with van der Waals surface area (Å²) in [6.45, 7) is 0.954. The maximum atomic E-state index is 12.6. The first kappa shape index (κ1) is 20.1. The summed E-state index contributed by atoms with van der Waals surface area (Å²) in [5.41, 5.74) is 2.08. The minimum atomic E-state index is -0.193. The van der Waals surface area contributed by atoms with Gasteiger partial charge in [-0.3, -0.25) is 9.48 Å². The van der Waals surface area contributed by atoms with Gasteiger partial charge in [-0.25, -0.2) is 9.97 Å². The van der Waals surface area contributed by atoms with Crippen LogP contribution >= 0.6 is 0 Å². The first-order chi connectivity index (χ1) is 15.1. The number of anilines is 1. The Morgan fingerprint density at radius 3 is 2.71 bits per heavy atom. The molecule has 1 aromatic carbocycles. The molecule has 9 nitrogen and oxygen atoms in total. The molecule has 31 heavy (non-hydrogen) atoms. The summed E-state index contributed by atoms with van der Waals surface area (Å²) >= 11 is 0. The number of benzene rings is 1. The van der Waals surface area contributed by atoms with Gasteiger partial charge in [0.05, 0.1) is 12.8 Å². The number of carbonyl (C=O) groups excluding carboxylic acids is 1. The standard InChI is InChI=1S/C22H23N7O2/c1-28-19(13-18(27-28)16-6-5-7-17(12-16)31-2)22(30)24-9-8-23-20-14-21(26-15-25-20)29-10-3-4-11-29/h3-7,10-15H,8-9H2,1-2H3,(H,24,30)(H,23,25,26). The van der Waals surface area contributed by atoms with Crippen molar-refractivity contribution in [1.29, 1.82) is 0 Å². The Morgan fingerprint density at radius 1 is 1.06 bits per heavy atom. The van der Waals surface area contributed by atoms with E-state index in [1.165, 1.54) is 6.33 Å². The third-order valence-corrected chi connectivity index (χ3v) is 4.72. The molecule has 2 N–H and O–H groups in total. The minimum Gasteiger partial charge on any atom is -0.497 e. The molecule has 0 radical (unpaired) electrons. The van der Waals surface area contributed by atoms with Gasteiger partial charge in [-0.1, -0.05) is 12.1 Å². The number of carbonyl (C=O) groups is 1. The molecule has 0 aliphatic heterocycles. The number of amides is 1. The summed E-state index contributed by atoms with van der Waals surface area (Å²) in [4.78, 5) is 21.1. The molecule has 0 spiro atoms. The SMILES string of the molecule is COc1cccc(-c2cc(C(=O)NCCNc3cc(-n4cccc4)ncn3)n(C)n2)c1. The number of methoxy groups -OCH3 is 1.